The van der Waals surface area contributed by atoms with Crippen LogP contribution in [0.4, 0.5) is 0 Å². The summed E-state index contributed by atoms with van der Waals surface area (Å²) in [7, 11) is 1.75. The van der Waals surface area contributed by atoms with Gasteiger partial charge in [0.25, 0.3) is 11.5 Å². The summed E-state index contributed by atoms with van der Waals surface area (Å²) in [4.78, 5) is 36.4. The van der Waals surface area contributed by atoms with Gasteiger partial charge >= 0.3 is 0 Å². The SMILES string of the molecule is Cc1c(C(=O)N(C)Cc2cnn(-c3ccccc3)c2)sc2nc(Cc3ccccc3)[nH]c(=O)c12. The summed E-state index contributed by atoms with van der Waals surface area (Å²) in [5.74, 6) is 0.447. The number of amides is 1. The van der Waals surface area contributed by atoms with Gasteiger partial charge in [-0.15, -0.1) is 11.3 Å². The normalized spacial score (nSPS) is 11.1. The van der Waals surface area contributed by atoms with E-state index in [-0.39, 0.29) is 11.5 Å². The van der Waals surface area contributed by atoms with Crippen molar-refractivity contribution < 1.29 is 4.79 Å². The van der Waals surface area contributed by atoms with Crippen LogP contribution < -0.4 is 5.56 Å². The van der Waals surface area contributed by atoms with Gasteiger partial charge in [-0.05, 0) is 30.2 Å². The zero-order valence-electron chi connectivity index (χ0n) is 18.9. The number of carbonyl (C=O) groups excluding carboxylic acids is 1. The molecule has 0 saturated carbocycles. The number of aromatic amines is 1. The number of H-pyrrole nitrogens is 1. The Labute approximate surface area is 200 Å². The van der Waals surface area contributed by atoms with Gasteiger partial charge in [0, 0.05) is 31.8 Å². The van der Waals surface area contributed by atoms with E-state index in [0.29, 0.717) is 39.4 Å². The molecule has 0 aliphatic carbocycles. The Morgan fingerprint density at radius 1 is 1.06 bits per heavy atom. The van der Waals surface area contributed by atoms with Crippen LogP contribution in [0.2, 0.25) is 0 Å². The summed E-state index contributed by atoms with van der Waals surface area (Å²) in [6, 6.07) is 19.7. The molecule has 1 amide bonds. The van der Waals surface area contributed by atoms with Gasteiger partial charge in [-0.1, -0.05) is 48.5 Å². The molecule has 3 aromatic heterocycles. The van der Waals surface area contributed by atoms with Crippen LogP contribution in [0.15, 0.2) is 77.9 Å². The van der Waals surface area contributed by atoms with E-state index in [1.165, 1.54) is 11.3 Å². The number of hydrogen-bond donors (Lipinski definition) is 1. The Hall–Kier alpha value is -4.04. The van der Waals surface area contributed by atoms with Gasteiger partial charge in [0.2, 0.25) is 0 Å². The molecule has 2 aromatic carbocycles. The standard InChI is InChI=1S/C26H23N5O2S/c1-17-22-24(32)28-21(13-18-9-5-3-6-10-18)29-25(22)34-23(17)26(33)30(2)15-19-14-27-31(16-19)20-11-7-4-8-12-20/h3-12,14,16H,13,15H2,1-2H3,(H,28,29,32). The lowest BCUT2D eigenvalue weighted by molar-refractivity contribution is 0.0789. The van der Waals surface area contributed by atoms with Crippen LogP contribution in [-0.2, 0) is 13.0 Å². The fraction of sp³-hybridized carbons (Fsp3) is 0.154. The van der Waals surface area contributed by atoms with Crippen LogP contribution in [0.5, 0.6) is 0 Å². The molecule has 3 heterocycles. The van der Waals surface area contributed by atoms with Crippen molar-refractivity contribution in [2.45, 2.75) is 19.9 Å². The van der Waals surface area contributed by atoms with Crippen LogP contribution in [0.3, 0.4) is 0 Å². The molecule has 0 aliphatic rings. The average molecular weight is 470 g/mol. The van der Waals surface area contributed by atoms with Crippen molar-refractivity contribution >= 4 is 27.5 Å². The number of nitrogens with one attached hydrogen (secondary N) is 1. The topological polar surface area (TPSA) is 83.9 Å². The molecule has 0 aliphatic heterocycles. The second-order valence-electron chi connectivity index (χ2n) is 8.20. The number of nitrogens with zero attached hydrogens (tertiary/aromatic N) is 4. The molecule has 7 nitrogen and oxygen atoms in total. The molecule has 0 atom stereocenters. The summed E-state index contributed by atoms with van der Waals surface area (Å²) in [6.07, 6.45) is 4.20. The lowest BCUT2D eigenvalue weighted by atomic mass is 10.1. The quantitative estimate of drug-likeness (QED) is 0.401. The number of rotatable bonds is 6. The van der Waals surface area contributed by atoms with Crippen molar-refractivity contribution in [3.63, 3.8) is 0 Å². The number of carbonyl (C=O) groups is 1. The molecule has 8 heteroatoms. The molecule has 0 unspecified atom stereocenters. The number of thiophene rings is 1. The average Bonchev–Trinajstić information content (AvgIpc) is 3.44. The second kappa shape index (κ2) is 9.07. The zero-order chi connectivity index (χ0) is 23.7. The van der Waals surface area contributed by atoms with Gasteiger partial charge in [0.1, 0.15) is 10.7 Å². The molecule has 5 aromatic rings. The number of benzene rings is 2. The molecule has 34 heavy (non-hydrogen) atoms. The Balaban J connectivity index is 1.38. The van der Waals surface area contributed by atoms with Crippen LogP contribution in [-0.4, -0.2) is 37.6 Å². The van der Waals surface area contributed by atoms with E-state index in [1.807, 2.05) is 66.9 Å². The first-order chi connectivity index (χ1) is 16.5. The highest BCUT2D eigenvalue weighted by Crippen LogP contribution is 2.28. The van der Waals surface area contributed by atoms with Crippen molar-refractivity contribution in [2.75, 3.05) is 7.05 Å². The van der Waals surface area contributed by atoms with E-state index in [2.05, 4.69) is 15.1 Å². The molecule has 0 bridgehead atoms. The maximum atomic E-state index is 13.3. The molecule has 0 radical (unpaired) electrons. The van der Waals surface area contributed by atoms with E-state index in [4.69, 9.17) is 0 Å². The predicted octanol–water partition coefficient (Wildman–Crippen LogP) is 4.34. The molecular weight excluding hydrogens is 446 g/mol. The van der Waals surface area contributed by atoms with Crippen molar-refractivity contribution in [3.05, 3.63) is 111 Å². The summed E-state index contributed by atoms with van der Waals surface area (Å²) >= 11 is 1.27. The van der Waals surface area contributed by atoms with Gasteiger partial charge in [0.05, 0.1) is 22.1 Å². The summed E-state index contributed by atoms with van der Waals surface area (Å²) < 4.78 is 1.79. The van der Waals surface area contributed by atoms with E-state index in [1.54, 1.807) is 29.7 Å². The molecule has 1 N–H and O–H groups in total. The fourth-order valence-electron chi connectivity index (χ4n) is 3.95. The van der Waals surface area contributed by atoms with E-state index < -0.39 is 0 Å². The van der Waals surface area contributed by atoms with Crippen LogP contribution >= 0.6 is 11.3 Å². The van der Waals surface area contributed by atoms with Crippen LogP contribution in [0, 0.1) is 6.92 Å². The van der Waals surface area contributed by atoms with Gasteiger partial charge in [-0.3, -0.25) is 9.59 Å². The molecule has 0 saturated heterocycles. The van der Waals surface area contributed by atoms with Crippen molar-refractivity contribution in [1.29, 1.82) is 0 Å². The van der Waals surface area contributed by atoms with Crippen molar-refractivity contribution in [1.82, 2.24) is 24.6 Å². The Kier molecular flexibility index (Phi) is 5.81. The van der Waals surface area contributed by atoms with Gasteiger partial charge in [-0.25, -0.2) is 9.67 Å². The summed E-state index contributed by atoms with van der Waals surface area (Å²) in [6.45, 7) is 2.21. The Bertz CT molecular complexity index is 1520. The minimum Gasteiger partial charge on any atom is -0.337 e. The summed E-state index contributed by atoms with van der Waals surface area (Å²) in [5, 5.41) is 4.89. The second-order valence-corrected chi connectivity index (χ2v) is 9.20. The third-order valence-corrected chi connectivity index (χ3v) is 6.86. The van der Waals surface area contributed by atoms with Crippen LogP contribution in [0.25, 0.3) is 15.9 Å². The maximum absolute atomic E-state index is 13.3. The highest BCUT2D eigenvalue weighted by Gasteiger charge is 2.22. The first-order valence-electron chi connectivity index (χ1n) is 10.9. The summed E-state index contributed by atoms with van der Waals surface area (Å²) in [5.41, 5.74) is 3.39. The number of fused-ring (bicyclic) bond motifs is 1. The lowest BCUT2D eigenvalue weighted by Crippen LogP contribution is -2.25. The third kappa shape index (κ3) is 4.27. The number of para-hydroxylation sites is 1. The minimum absolute atomic E-state index is 0.142. The Morgan fingerprint density at radius 3 is 2.50 bits per heavy atom. The minimum atomic E-state index is -0.212. The molecule has 0 spiro atoms. The first-order valence-corrected chi connectivity index (χ1v) is 11.7. The highest BCUT2D eigenvalue weighted by atomic mass is 32.1. The smallest absolute Gasteiger partial charge is 0.264 e. The van der Waals surface area contributed by atoms with Gasteiger partial charge < -0.3 is 9.88 Å². The monoisotopic (exact) mass is 469 g/mol. The fourth-order valence-corrected chi connectivity index (χ4v) is 5.14. The predicted molar refractivity (Wildman–Crippen MR) is 134 cm³/mol. The third-order valence-electron chi connectivity index (χ3n) is 5.68. The van der Waals surface area contributed by atoms with E-state index >= 15 is 0 Å². The van der Waals surface area contributed by atoms with Gasteiger partial charge in [-0.2, -0.15) is 5.10 Å². The number of hydrogen-bond acceptors (Lipinski definition) is 5. The van der Waals surface area contributed by atoms with Crippen LogP contribution in [0.1, 0.15) is 32.2 Å². The molecular formula is C26H23N5O2S. The van der Waals surface area contributed by atoms with Crippen molar-refractivity contribution in [2.24, 2.45) is 0 Å². The lowest BCUT2D eigenvalue weighted by Gasteiger charge is -2.15. The highest BCUT2D eigenvalue weighted by molar-refractivity contribution is 7.20. The first kappa shape index (κ1) is 21.8. The van der Waals surface area contributed by atoms with E-state index in [9.17, 15) is 9.59 Å². The molecule has 170 valence electrons. The molecule has 0 fully saturated rings. The maximum Gasteiger partial charge on any atom is 0.264 e. The van der Waals surface area contributed by atoms with Gasteiger partial charge in [0.15, 0.2) is 0 Å². The Morgan fingerprint density at radius 2 is 1.76 bits per heavy atom. The zero-order valence-corrected chi connectivity index (χ0v) is 19.7. The number of aromatic nitrogens is 4. The largest absolute Gasteiger partial charge is 0.337 e. The number of aryl methyl sites for hydroxylation is 1. The molecule has 5 rings (SSSR count). The van der Waals surface area contributed by atoms with E-state index in [0.717, 1.165) is 16.8 Å². The van der Waals surface area contributed by atoms with Crippen molar-refractivity contribution in [3.8, 4) is 5.69 Å².